The molecule has 30 heavy (non-hydrogen) atoms. The molecule has 1 aromatic heterocycles. The fourth-order valence-corrected chi connectivity index (χ4v) is 4.07. The second-order valence-electron chi connectivity index (χ2n) is 7.24. The smallest absolute Gasteiger partial charge is 0.329 e. The molecule has 1 atom stereocenters. The Morgan fingerprint density at radius 1 is 1.03 bits per heavy atom. The normalized spacial score (nSPS) is 12.0. The summed E-state index contributed by atoms with van der Waals surface area (Å²) >= 11 is 6.96. The van der Waals surface area contributed by atoms with Crippen molar-refractivity contribution in [3.8, 4) is 0 Å². The second kappa shape index (κ2) is 9.87. The minimum atomic E-state index is -0.841. The first-order valence-corrected chi connectivity index (χ1v) is 10.8. The van der Waals surface area contributed by atoms with E-state index in [1.807, 2.05) is 56.3 Å². The zero-order valence-electron chi connectivity index (χ0n) is 16.7. The Balaban J connectivity index is 1.62. The molecule has 2 aromatic carbocycles. The quantitative estimate of drug-likeness (QED) is 0.406. The molecule has 156 valence electrons. The highest BCUT2D eigenvalue weighted by Crippen LogP contribution is 2.22. The molecule has 0 aliphatic heterocycles. The number of esters is 1. The first kappa shape index (κ1) is 22.0. The van der Waals surface area contributed by atoms with Crippen molar-refractivity contribution in [2.45, 2.75) is 26.3 Å². The van der Waals surface area contributed by atoms with Crippen LogP contribution in [0.4, 0.5) is 0 Å². The lowest BCUT2D eigenvalue weighted by Crippen LogP contribution is -2.46. The van der Waals surface area contributed by atoms with Crippen molar-refractivity contribution in [2.75, 3.05) is 6.61 Å². The fourth-order valence-electron chi connectivity index (χ4n) is 3.10. The van der Waals surface area contributed by atoms with Crippen molar-refractivity contribution in [3.05, 3.63) is 69.4 Å². The summed E-state index contributed by atoms with van der Waals surface area (Å²) in [6, 6.07) is 16.0. The van der Waals surface area contributed by atoms with E-state index in [2.05, 4.69) is 5.32 Å². The molecule has 0 saturated heterocycles. The first-order valence-electron chi connectivity index (χ1n) is 9.56. The summed E-state index contributed by atoms with van der Waals surface area (Å²) in [6.45, 7) is 3.23. The van der Waals surface area contributed by atoms with Gasteiger partial charge >= 0.3 is 5.97 Å². The molecule has 1 heterocycles. The zero-order valence-corrected chi connectivity index (χ0v) is 18.3. The summed E-state index contributed by atoms with van der Waals surface area (Å²) in [5, 5.41) is 4.80. The average Bonchev–Trinajstić information content (AvgIpc) is 3.16. The molecule has 3 aromatic rings. The van der Waals surface area contributed by atoms with Gasteiger partial charge in [0.15, 0.2) is 6.61 Å². The number of ketones is 1. The van der Waals surface area contributed by atoms with E-state index in [9.17, 15) is 14.4 Å². The number of hydrogen-bond acceptors (Lipinski definition) is 5. The van der Waals surface area contributed by atoms with Crippen LogP contribution in [0.1, 0.15) is 29.1 Å². The molecule has 0 aliphatic carbocycles. The third kappa shape index (κ3) is 5.46. The van der Waals surface area contributed by atoms with Gasteiger partial charge in [0.25, 0.3) is 0 Å². The number of ether oxygens (including phenoxy) is 1. The Morgan fingerprint density at radius 2 is 1.77 bits per heavy atom. The molecule has 0 saturated carbocycles. The van der Waals surface area contributed by atoms with Crippen molar-refractivity contribution in [1.29, 1.82) is 0 Å². The first-order chi connectivity index (χ1) is 14.3. The Bertz CT molecular complexity index is 1070. The molecule has 0 radical (unpaired) electrons. The van der Waals surface area contributed by atoms with Gasteiger partial charge in [-0.1, -0.05) is 67.9 Å². The fraction of sp³-hybridized carbons (Fsp3) is 0.261. The maximum absolute atomic E-state index is 12.6. The van der Waals surface area contributed by atoms with Crippen LogP contribution >= 0.6 is 22.9 Å². The van der Waals surface area contributed by atoms with Crippen molar-refractivity contribution in [2.24, 2.45) is 5.92 Å². The van der Waals surface area contributed by atoms with E-state index in [1.165, 1.54) is 0 Å². The summed E-state index contributed by atoms with van der Waals surface area (Å²) in [4.78, 5) is 37.7. The SMILES string of the molecule is CC(C)[C@@H](NC(=O)Cc1cccc2ccccc12)C(=O)OCC(=O)c1ccc(Cl)s1. The third-order valence-electron chi connectivity index (χ3n) is 4.66. The van der Waals surface area contributed by atoms with Gasteiger partial charge in [0.2, 0.25) is 11.7 Å². The molecule has 1 N–H and O–H groups in total. The predicted octanol–water partition coefficient (Wildman–Crippen LogP) is 4.66. The number of hydrogen-bond donors (Lipinski definition) is 1. The molecule has 1 amide bonds. The number of fused-ring (bicyclic) bond motifs is 1. The average molecular weight is 444 g/mol. The Hall–Kier alpha value is -2.70. The second-order valence-corrected chi connectivity index (χ2v) is 8.95. The van der Waals surface area contributed by atoms with Gasteiger partial charge in [0.1, 0.15) is 6.04 Å². The predicted molar refractivity (Wildman–Crippen MR) is 119 cm³/mol. The molecule has 0 spiro atoms. The van der Waals surface area contributed by atoms with Gasteiger partial charge in [0.05, 0.1) is 15.6 Å². The van der Waals surface area contributed by atoms with Crippen LogP contribution in [0.2, 0.25) is 4.34 Å². The summed E-state index contributed by atoms with van der Waals surface area (Å²) in [7, 11) is 0. The van der Waals surface area contributed by atoms with Crippen LogP contribution in [0.15, 0.2) is 54.6 Å². The van der Waals surface area contributed by atoms with E-state index in [-0.39, 0.29) is 24.0 Å². The van der Waals surface area contributed by atoms with Crippen LogP contribution in [-0.2, 0) is 20.7 Å². The van der Waals surface area contributed by atoms with Gasteiger partial charge in [0, 0.05) is 0 Å². The van der Waals surface area contributed by atoms with Crippen LogP contribution in [0, 0.1) is 5.92 Å². The van der Waals surface area contributed by atoms with E-state index in [0.717, 1.165) is 27.7 Å². The van der Waals surface area contributed by atoms with E-state index in [0.29, 0.717) is 9.21 Å². The van der Waals surface area contributed by atoms with E-state index >= 15 is 0 Å². The van der Waals surface area contributed by atoms with Crippen LogP contribution < -0.4 is 5.32 Å². The van der Waals surface area contributed by atoms with E-state index < -0.39 is 18.6 Å². The van der Waals surface area contributed by atoms with Crippen LogP contribution in [0.5, 0.6) is 0 Å². The molecule has 0 aliphatic rings. The van der Waals surface area contributed by atoms with Crippen LogP contribution in [0.25, 0.3) is 10.8 Å². The lowest BCUT2D eigenvalue weighted by molar-refractivity contribution is -0.148. The van der Waals surface area contributed by atoms with Crippen molar-refractivity contribution < 1.29 is 19.1 Å². The molecule has 5 nitrogen and oxygen atoms in total. The highest BCUT2D eigenvalue weighted by molar-refractivity contribution is 7.18. The molecule has 7 heteroatoms. The standard InChI is InChI=1S/C23H22ClNO4S/c1-14(2)22(23(28)29-13-18(26)19-10-11-20(24)30-19)25-21(27)12-16-8-5-7-15-6-3-4-9-17(15)16/h3-11,14,22H,12-13H2,1-2H3,(H,25,27)/t22-/m1/s1. The minimum Gasteiger partial charge on any atom is -0.456 e. The van der Waals surface area contributed by atoms with Crippen molar-refractivity contribution in [3.63, 3.8) is 0 Å². The summed E-state index contributed by atoms with van der Waals surface area (Å²) in [6.07, 6.45) is 0.143. The molecule has 3 rings (SSSR count). The molecule has 0 fully saturated rings. The number of amides is 1. The number of Topliss-reactive ketones (excluding diaryl/α,β-unsaturated/α-hetero) is 1. The largest absolute Gasteiger partial charge is 0.456 e. The summed E-state index contributed by atoms with van der Waals surface area (Å²) in [5.41, 5.74) is 0.881. The molecule has 0 bridgehead atoms. The number of thiophene rings is 1. The maximum Gasteiger partial charge on any atom is 0.329 e. The number of benzene rings is 2. The lowest BCUT2D eigenvalue weighted by Gasteiger charge is -2.21. The third-order valence-corrected chi connectivity index (χ3v) is 5.93. The van der Waals surface area contributed by atoms with Crippen molar-refractivity contribution >= 4 is 51.4 Å². The van der Waals surface area contributed by atoms with Gasteiger partial charge in [-0.05, 0) is 34.4 Å². The maximum atomic E-state index is 12.6. The van der Waals surface area contributed by atoms with E-state index in [1.54, 1.807) is 12.1 Å². The van der Waals surface area contributed by atoms with Gasteiger partial charge in [-0.15, -0.1) is 11.3 Å². The van der Waals surface area contributed by atoms with Gasteiger partial charge in [-0.2, -0.15) is 0 Å². The van der Waals surface area contributed by atoms with Crippen LogP contribution in [-0.4, -0.2) is 30.3 Å². The monoisotopic (exact) mass is 443 g/mol. The van der Waals surface area contributed by atoms with Gasteiger partial charge in [-0.25, -0.2) is 4.79 Å². The minimum absolute atomic E-state index is 0.143. The zero-order chi connectivity index (χ0) is 21.7. The Morgan fingerprint density at radius 3 is 2.47 bits per heavy atom. The lowest BCUT2D eigenvalue weighted by atomic mass is 10.0. The summed E-state index contributed by atoms with van der Waals surface area (Å²) < 4.78 is 5.66. The van der Waals surface area contributed by atoms with Crippen LogP contribution in [0.3, 0.4) is 0 Å². The number of nitrogens with one attached hydrogen (secondary N) is 1. The number of carbonyl (C=O) groups is 3. The number of halogens is 1. The van der Waals surface area contributed by atoms with Gasteiger partial charge in [-0.3, -0.25) is 9.59 Å². The van der Waals surface area contributed by atoms with E-state index in [4.69, 9.17) is 16.3 Å². The molecule has 0 unspecified atom stereocenters. The number of rotatable bonds is 8. The molecular weight excluding hydrogens is 422 g/mol. The van der Waals surface area contributed by atoms with Gasteiger partial charge < -0.3 is 10.1 Å². The topological polar surface area (TPSA) is 72.5 Å². The van der Waals surface area contributed by atoms with Crippen molar-refractivity contribution in [1.82, 2.24) is 5.32 Å². The Labute approximate surface area is 184 Å². The highest BCUT2D eigenvalue weighted by Gasteiger charge is 2.26. The Kier molecular flexibility index (Phi) is 7.24. The number of carbonyl (C=O) groups excluding carboxylic acids is 3. The molecular formula is C23H22ClNO4S. The summed E-state index contributed by atoms with van der Waals surface area (Å²) in [5.74, 6) is -1.43. The highest BCUT2D eigenvalue weighted by atomic mass is 35.5.